The average molecular weight is 503 g/mol. The third kappa shape index (κ3) is 4.94. The molecule has 6 heteroatoms. The molecule has 1 aromatic carbocycles. The molecule has 0 saturated carbocycles. The summed E-state index contributed by atoms with van der Waals surface area (Å²) in [5.41, 5.74) is 10.2. The molecule has 0 bridgehead atoms. The van der Waals surface area contributed by atoms with Gasteiger partial charge in [-0.1, -0.05) is 45.4 Å². The summed E-state index contributed by atoms with van der Waals surface area (Å²) in [6.07, 6.45) is 8.27. The first-order valence-corrected chi connectivity index (χ1v) is 14.0. The minimum atomic E-state index is 0.382. The van der Waals surface area contributed by atoms with Crippen molar-refractivity contribution in [1.82, 2.24) is 19.5 Å². The number of allylic oxidation sites excluding steroid dienone is 2. The van der Waals surface area contributed by atoms with Crippen LogP contribution < -0.4 is 4.74 Å². The fourth-order valence-electron chi connectivity index (χ4n) is 6.27. The molecule has 0 unspecified atom stereocenters. The zero-order chi connectivity index (χ0) is 26.1. The highest BCUT2D eigenvalue weighted by Gasteiger charge is 2.30. The van der Waals surface area contributed by atoms with Gasteiger partial charge in [0.05, 0.1) is 26.4 Å². The molecule has 0 spiro atoms. The lowest BCUT2D eigenvalue weighted by Gasteiger charge is -2.41. The number of hydrogen-bond acceptors (Lipinski definition) is 5. The van der Waals surface area contributed by atoms with Crippen LogP contribution in [-0.2, 0) is 4.74 Å². The standard InChI is InChI=1S/C31H42N4O2/c1-7-8-26(28-16-35-31(32-19-33-35)30(36-6)22(28)5)29(20(2)3)27-15-24(10-9-21(27)4)23-11-13-34(14-12-23)25-17-37-18-25/h9-10,15-16,19-20,23,25H,7-8,11-14,17-18H2,1-6H3/b29-26+. The van der Waals surface area contributed by atoms with Crippen LogP contribution in [0.1, 0.15) is 80.2 Å². The molecule has 0 N–H and O–H groups in total. The third-order valence-corrected chi connectivity index (χ3v) is 8.39. The Bertz CT molecular complexity index is 1280. The number of aromatic nitrogens is 3. The van der Waals surface area contributed by atoms with Crippen LogP contribution in [0.15, 0.2) is 30.7 Å². The molecule has 37 heavy (non-hydrogen) atoms. The molecule has 198 valence electrons. The van der Waals surface area contributed by atoms with Gasteiger partial charge in [0, 0.05) is 17.3 Å². The van der Waals surface area contributed by atoms with E-state index in [0.29, 0.717) is 17.9 Å². The number of ether oxygens (including phenoxy) is 2. The summed E-state index contributed by atoms with van der Waals surface area (Å²) in [6, 6.07) is 7.87. The van der Waals surface area contributed by atoms with E-state index in [1.807, 2.05) is 4.52 Å². The lowest BCUT2D eigenvalue weighted by molar-refractivity contribution is -0.0712. The van der Waals surface area contributed by atoms with Gasteiger partial charge in [-0.3, -0.25) is 4.90 Å². The van der Waals surface area contributed by atoms with Gasteiger partial charge in [0.25, 0.3) is 0 Å². The molecule has 2 fully saturated rings. The van der Waals surface area contributed by atoms with E-state index in [0.717, 1.165) is 43.0 Å². The normalized spacial score (nSPS) is 18.4. The molecular weight excluding hydrogens is 460 g/mol. The molecule has 0 aliphatic carbocycles. The first-order chi connectivity index (χ1) is 17.9. The van der Waals surface area contributed by atoms with Gasteiger partial charge >= 0.3 is 0 Å². The zero-order valence-corrected chi connectivity index (χ0v) is 23.4. The van der Waals surface area contributed by atoms with Crippen molar-refractivity contribution in [2.45, 2.75) is 72.3 Å². The molecule has 2 aromatic heterocycles. The van der Waals surface area contributed by atoms with E-state index in [4.69, 9.17) is 9.47 Å². The number of hydrogen-bond donors (Lipinski definition) is 0. The van der Waals surface area contributed by atoms with Crippen molar-refractivity contribution < 1.29 is 9.47 Å². The van der Waals surface area contributed by atoms with Crippen molar-refractivity contribution in [3.8, 4) is 5.75 Å². The van der Waals surface area contributed by atoms with E-state index < -0.39 is 0 Å². The molecule has 4 heterocycles. The van der Waals surface area contributed by atoms with Crippen LogP contribution in [0.5, 0.6) is 5.75 Å². The maximum absolute atomic E-state index is 5.83. The summed E-state index contributed by atoms with van der Waals surface area (Å²) in [6.45, 7) is 15.5. The molecular formula is C31H42N4O2. The highest BCUT2D eigenvalue weighted by Crippen LogP contribution is 2.41. The quantitative estimate of drug-likeness (QED) is 0.362. The van der Waals surface area contributed by atoms with Crippen molar-refractivity contribution in [2.24, 2.45) is 5.92 Å². The second-order valence-corrected chi connectivity index (χ2v) is 11.1. The van der Waals surface area contributed by atoms with Gasteiger partial charge in [-0.15, -0.1) is 0 Å². The van der Waals surface area contributed by atoms with E-state index in [-0.39, 0.29) is 0 Å². The Kier molecular flexibility index (Phi) is 7.68. The molecule has 2 saturated heterocycles. The Hall–Kier alpha value is -2.70. The molecule has 0 radical (unpaired) electrons. The van der Waals surface area contributed by atoms with Crippen LogP contribution in [0.25, 0.3) is 16.8 Å². The minimum Gasteiger partial charge on any atom is -0.492 e. The van der Waals surface area contributed by atoms with E-state index in [9.17, 15) is 0 Å². The first kappa shape index (κ1) is 25.9. The number of nitrogens with zero attached hydrogens (tertiary/aromatic N) is 4. The molecule has 3 aromatic rings. The number of likely N-dealkylation sites (tertiary alicyclic amines) is 1. The number of aryl methyl sites for hydroxylation is 1. The van der Waals surface area contributed by atoms with Crippen LogP contribution in [-0.4, -0.2) is 59.0 Å². The van der Waals surface area contributed by atoms with Gasteiger partial charge < -0.3 is 9.47 Å². The molecule has 5 rings (SSSR count). The summed E-state index contributed by atoms with van der Waals surface area (Å²) in [4.78, 5) is 7.07. The highest BCUT2D eigenvalue weighted by atomic mass is 16.5. The number of rotatable bonds is 8. The Labute approximate surface area is 221 Å². The van der Waals surface area contributed by atoms with E-state index >= 15 is 0 Å². The van der Waals surface area contributed by atoms with E-state index in [1.165, 1.54) is 59.3 Å². The molecule has 6 nitrogen and oxygen atoms in total. The molecule has 0 amide bonds. The number of methoxy groups -OCH3 is 1. The lowest BCUT2D eigenvalue weighted by atomic mass is 9.80. The summed E-state index contributed by atoms with van der Waals surface area (Å²) < 4.78 is 13.1. The third-order valence-electron chi connectivity index (χ3n) is 8.39. The molecule has 2 aliphatic heterocycles. The van der Waals surface area contributed by atoms with Crippen LogP contribution in [0.4, 0.5) is 0 Å². The van der Waals surface area contributed by atoms with Crippen LogP contribution in [0, 0.1) is 19.8 Å². The fourth-order valence-corrected chi connectivity index (χ4v) is 6.27. The molecule has 2 aliphatic rings. The number of benzene rings is 1. The second kappa shape index (κ2) is 11.0. The van der Waals surface area contributed by atoms with Gasteiger partial charge in [-0.05, 0) is 85.9 Å². The Morgan fingerprint density at radius 1 is 1.14 bits per heavy atom. The smallest absolute Gasteiger partial charge is 0.198 e. The van der Waals surface area contributed by atoms with Crippen molar-refractivity contribution in [3.05, 3.63) is 58.5 Å². The van der Waals surface area contributed by atoms with E-state index in [2.05, 4.69) is 74.0 Å². The second-order valence-electron chi connectivity index (χ2n) is 11.1. The zero-order valence-electron chi connectivity index (χ0n) is 23.4. The number of fused-ring (bicyclic) bond motifs is 1. The van der Waals surface area contributed by atoms with E-state index in [1.54, 1.807) is 13.4 Å². The predicted octanol–water partition coefficient (Wildman–Crippen LogP) is 6.30. The van der Waals surface area contributed by atoms with Crippen LogP contribution >= 0.6 is 0 Å². The van der Waals surface area contributed by atoms with Crippen molar-refractivity contribution in [3.63, 3.8) is 0 Å². The Morgan fingerprint density at radius 3 is 2.51 bits per heavy atom. The maximum atomic E-state index is 5.83. The number of piperidine rings is 1. The SMILES string of the molecule is CCC/C(=C(\c1cc(C2CCN(C3COC3)CC2)ccc1C)C(C)C)c1cn2ncnc2c(OC)c1C. The van der Waals surface area contributed by atoms with Gasteiger partial charge in [0.1, 0.15) is 6.33 Å². The summed E-state index contributed by atoms with van der Waals surface area (Å²) >= 11 is 0. The van der Waals surface area contributed by atoms with Gasteiger partial charge in [-0.25, -0.2) is 9.50 Å². The topological polar surface area (TPSA) is 51.9 Å². The first-order valence-electron chi connectivity index (χ1n) is 14.0. The summed E-state index contributed by atoms with van der Waals surface area (Å²) in [5, 5.41) is 4.46. The number of pyridine rings is 1. The van der Waals surface area contributed by atoms with Crippen molar-refractivity contribution in [2.75, 3.05) is 33.4 Å². The van der Waals surface area contributed by atoms with Crippen molar-refractivity contribution in [1.29, 1.82) is 0 Å². The highest BCUT2D eigenvalue weighted by molar-refractivity contribution is 5.94. The van der Waals surface area contributed by atoms with Gasteiger partial charge in [-0.2, -0.15) is 5.10 Å². The Morgan fingerprint density at radius 2 is 1.89 bits per heavy atom. The Balaban J connectivity index is 1.58. The predicted molar refractivity (Wildman–Crippen MR) is 150 cm³/mol. The maximum Gasteiger partial charge on any atom is 0.198 e. The van der Waals surface area contributed by atoms with Gasteiger partial charge in [0.15, 0.2) is 11.4 Å². The average Bonchev–Trinajstić information content (AvgIpc) is 3.32. The summed E-state index contributed by atoms with van der Waals surface area (Å²) in [7, 11) is 1.73. The lowest BCUT2D eigenvalue weighted by Crippen LogP contribution is -2.51. The monoisotopic (exact) mass is 502 g/mol. The molecule has 0 atom stereocenters. The summed E-state index contributed by atoms with van der Waals surface area (Å²) in [5.74, 6) is 1.81. The largest absolute Gasteiger partial charge is 0.492 e. The van der Waals surface area contributed by atoms with Crippen LogP contribution in [0.3, 0.4) is 0 Å². The van der Waals surface area contributed by atoms with Crippen LogP contribution in [0.2, 0.25) is 0 Å². The van der Waals surface area contributed by atoms with Crippen molar-refractivity contribution >= 4 is 16.8 Å². The minimum absolute atomic E-state index is 0.382. The van der Waals surface area contributed by atoms with Gasteiger partial charge in [0.2, 0.25) is 0 Å². The fraction of sp³-hybridized carbons (Fsp3) is 0.548.